The summed E-state index contributed by atoms with van der Waals surface area (Å²) in [5.74, 6) is 3.23. The molecular formula is C16H28N2O. The van der Waals surface area contributed by atoms with Gasteiger partial charge in [0.25, 0.3) is 0 Å². The van der Waals surface area contributed by atoms with Crippen molar-refractivity contribution in [1.82, 2.24) is 10.2 Å². The molecule has 0 aromatic rings. The smallest absolute Gasteiger partial charge is 0.226 e. The largest absolute Gasteiger partial charge is 0.342 e. The molecule has 2 aliphatic carbocycles. The molecule has 0 aromatic carbocycles. The molecule has 3 rings (SSSR count). The van der Waals surface area contributed by atoms with E-state index in [1.807, 2.05) is 0 Å². The topological polar surface area (TPSA) is 32.3 Å². The highest BCUT2D eigenvalue weighted by Crippen LogP contribution is 2.56. The van der Waals surface area contributed by atoms with E-state index in [2.05, 4.69) is 17.1 Å². The minimum Gasteiger partial charge on any atom is -0.342 e. The van der Waals surface area contributed by atoms with Gasteiger partial charge in [-0.1, -0.05) is 19.8 Å². The van der Waals surface area contributed by atoms with Crippen molar-refractivity contribution in [3.8, 4) is 0 Å². The van der Waals surface area contributed by atoms with Crippen LogP contribution < -0.4 is 5.32 Å². The van der Waals surface area contributed by atoms with Gasteiger partial charge in [0, 0.05) is 19.0 Å². The zero-order valence-corrected chi connectivity index (χ0v) is 12.2. The fourth-order valence-electron chi connectivity index (χ4n) is 4.28. The lowest BCUT2D eigenvalue weighted by Crippen LogP contribution is -2.41. The molecule has 3 nitrogen and oxygen atoms in total. The molecule has 108 valence electrons. The number of carbonyl (C=O) groups excluding carboxylic acids is 1. The third-order valence-corrected chi connectivity index (χ3v) is 5.55. The van der Waals surface area contributed by atoms with Crippen LogP contribution in [0.1, 0.15) is 45.4 Å². The predicted octanol–water partition coefficient (Wildman–Crippen LogP) is 2.27. The molecule has 1 N–H and O–H groups in total. The molecule has 0 spiro atoms. The van der Waals surface area contributed by atoms with Gasteiger partial charge in [0.1, 0.15) is 0 Å². The summed E-state index contributed by atoms with van der Waals surface area (Å²) in [5, 5.41) is 3.43. The van der Waals surface area contributed by atoms with E-state index in [9.17, 15) is 4.79 Å². The molecule has 1 amide bonds. The van der Waals surface area contributed by atoms with E-state index < -0.39 is 0 Å². The number of nitrogens with zero attached hydrogens (tertiary/aromatic N) is 1. The number of rotatable bonds is 4. The Labute approximate surface area is 117 Å². The number of hydrogen-bond acceptors (Lipinski definition) is 2. The van der Waals surface area contributed by atoms with Crippen molar-refractivity contribution < 1.29 is 4.79 Å². The maximum absolute atomic E-state index is 12.6. The Morgan fingerprint density at radius 1 is 1.11 bits per heavy atom. The fourth-order valence-corrected chi connectivity index (χ4v) is 4.28. The Bertz CT molecular complexity index is 311. The van der Waals surface area contributed by atoms with Gasteiger partial charge in [-0.25, -0.2) is 0 Å². The summed E-state index contributed by atoms with van der Waals surface area (Å²) in [6, 6.07) is 0. The molecule has 1 aliphatic heterocycles. The van der Waals surface area contributed by atoms with Crippen LogP contribution in [0.2, 0.25) is 0 Å². The maximum atomic E-state index is 12.6. The van der Waals surface area contributed by atoms with E-state index in [1.165, 1.54) is 38.5 Å². The quantitative estimate of drug-likeness (QED) is 0.845. The van der Waals surface area contributed by atoms with Crippen LogP contribution in [0.15, 0.2) is 0 Å². The van der Waals surface area contributed by atoms with Crippen LogP contribution in [0.5, 0.6) is 0 Å². The molecule has 1 saturated heterocycles. The fraction of sp³-hybridized carbons (Fsp3) is 0.938. The minimum atomic E-state index is 0.424. The van der Waals surface area contributed by atoms with Gasteiger partial charge in [-0.2, -0.15) is 0 Å². The van der Waals surface area contributed by atoms with E-state index in [0.717, 1.165) is 43.9 Å². The first-order chi connectivity index (χ1) is 9.31. The molecule has 3 heteroatoms. The van der Waals surface area contributed by atoms with Crippen LogP contribution in [0, 0.1) is 23.7 Å². The third kappa shape index (κ3) is 2.81. The number of fused-ring (bicyclic) bond motifs is 1. The van der Waals surface area contributed by atoms with Crippen molar-refractivity contribution in [2.45, 2.75) is 45.4 Å². The number of piperidine rings is 1. The third-order valence-electron chi connectivity index (χ3n) is 5.55. The van der Waals surface area contributed by atoms with Crippen LogP contribution in [0.4, 0.5) is 0 Å². The summed E-state index contributed by atoms with van der Waals surface area (Å²) < 4.78 is 0. The summed E-state index contributed by atoms with van der Waals surface area (Å²) >= 11 is 0. The second-order valence-corrected chi connectivity index (χ2v) is 6.71. The standard InChI is InChI=1S/C16H28N2O/c1-2-17-11-12-7-9-18(10-8-12)16(19)15-13-5-3-4-6-14(13)15/h12-15,17H,2-11H2,1H3. The highest BCUT2D eigenvalue weighted by atomic mass is 16.2. The summed E-state index contributed by atoms with van der Waals surface area (Å²) in [6.07, 6.45) is 7.74. The SMILES string of the molecule is CCNCC1CCN(C(=O)C2C3CCCCC32)CC1. The molecule has 2 unspecified atom stereocenters. The molecule has 3 fully saturated rings. The van der Waals surface area contributed by atoms with Crippen molar-refractivity contribution in [2.24, 2.45) is 23.7 Å². The first kappa shape index (κ1) is 13.4. The predicted molar refractivity (Wildman–Crippen MR) is 76.8 cm³/mol. The van der Waals surface area contributed by atoms with E-state index in [-0.39, 0.29) is 0 Å². The van der Waals surface area contributed by atoms with E-state index in [4.69, 9.17) is 0 Å². The van der Waals surface area contributed by atoms with Gasteiger partial charge < -0.3 is 10.2 Å². The molecule has 0 aromatic heterocycles. The number of carbonyl (C=O) groups is 1. The van der Waals surface area contributed by atoms with Crippen LogP contribution in [0.3, 0.4) is 0 Å². The first-order valence-electron chi connectivity index (χ1n) is 8.30. The van der Waals surface area contributed by atoms with Gasteiger partial charge in [-0.3, -0.25) is 4.79 Å². The van der Waals surface area contributed by atoms with E-state index >= 15 is 0 Å². The molecule has 1 heterocycles. The zero-order chi connectivity index (χ0) is 13.2. The van der Waals surface area contributed by atoms with Gasteiger partial charge in [0.2, 0.25) is 5.91 Å². The second-order valence-electron chi connectivity index (χ2n) is 6.71. The second kappa shape index (κ2) is 5.82. The molecule has 3 aliphatic rings. The molecule has 2 atom stereocenters. The van der Waals surface area contributed by atoms with Gasteiger partial charge in [-0.05, 0) is 56.5 Å². The Balaban J connectivity index is 1.45. The number of likely N-dealkylation sites (tertiary alicyclic amines) is 1. The van der Waals surface area contributed by atoms with E-state index in [0.29, 0.717) is 11.8 Å². The number of nitrogens with one attached hydrogen (secondary N) is 1. The first-order valence-corrected chi connectivity index (χ1v) is 8.30. The zero-order valence-electron chi connectivity index (χ0n) is 12.2. The molecular weight excluding hydrogens is 236 g/mol. The molecule has 19 heavy (non-hydrogen) atoms. The summed E-state index contributed by atoms with van der Waals surface area (Å²) in [6.45, 7) is 6.36. The summed E-state index contributed by atoms with van der Waals surface area (Å²) in [7, 11) is 0. The van der Waals surface area contributed by atoms with E-state index in [1.54, 1.807) is 0 Å². The van der Waals surface area contributed by atoms with Crippen molar-refractivity contribution in [2.75, 3.05) is 26.2 Å². The van der Waals surface area contributed by atoms with Crippen LogP contribution in [-0.4, -0.2) is 37.0 Å². The van der Waals surface area contributed by atoms with Crippen LogP contribution in [-0.2, 0) is 4.79 Å². The minimum absolute atomic E-state index is 0.424. The lowest BCUT2D eigenvalue weighted by molar-refractivity contribution is -0.134. The molecule has 0 radical (unpaired) electrons. The average molecular weight is 264 g/mol. The van der Waals surface area contributed by atoms with Crippen LogP contribution >= 0.6 is 0 Å². The summed E-state index contributed by atoms with van der Waals surface area (Å²) in [4.78, 5) is 14.7. The highest BCUT2D eigenvalue weighted by molar-refractivity contribution is 5.82. The maximum Gasteiger partial charge on any atom is 0.226 e. The van der Waals surface area contributed by atoms with Gasteiger partial charge in [0.05, 0.1) is 0 Å². The van der Waals surface area contributed by atoms with Crippen molar-refractivity contribution in [3.05, 3.63) is 0 Å². The Morgan fingerprint density at radius 2 is 1.74 bits per heavy atom. The Morgan fingerprint density at radius 3 is 2.32 bits per heavy atom. The van der Waals surface area contributed by atoms with Gasteiger partial charge in [0.15, 0.2) is 0 Å². The normalized spacial score (nSPS) is 35.0. The molecule has 2 saturated carbocycles. The lowest BCUT2D eigenvalue weighted by atomic mass is 9.96. The van der Waals surface area contributed by atoms with Crippen LogP contribution in [0.25, 0.3) is 0 Å². The number of hydrogen-bond donors (Lipinski definition) is 1. The Hall–Kier alpha value is -0.570. The monoisotopic (exact) mass is 264 g/mol. The van der Waals surface area contributed by atoms with Crippen molar-refractivity contribution >= 4 is 5.91 Å². The van der Waals surface area contributed by atoms with Gasteiger partial charge in [-0.15, -0.1) is 0 Å². The van der Waals surface area contributed by atoms with Gasteiger partial charge >= 0.3 is 0 Å². The van der Waals surface area contributed by atoms with Crippen molar-refractivity contribution in [1.29, 1.82) is 0 Å². The average Bonchev–Trinajstić information content (AvgIpc) is 3.19. The number of amides is 1. The summed E-state index contributed by atoms with van der Waals surface area (Å²) in [5.41, 5.74) is 0. The lowest BCUT2D eigenvalue weighted by Gasteiger charge is -2.32. The highest BCUT2D eigenvalue weighted by Gasteiger charge is 2.55. The Kier molecular flexibility index (Phi) is 4.11. The molecule has 0 bridgehead atoms. The van der Waals surface area contributed by atoms with Crippen molar-refractivity contribution in [3.63, 3.8) is 0 Å².